The molecule has 2 aromatic rings. The molecule has 4 heteroatoms. The molecule has 0 spiro atoms. The van der Waals surface area contributed by atoms with Crippen LogP contribution in [-0.2, 0) is 13.0 Å². The van der Waals surface area contributed by atoms with Crippen LogP contribution < -0.4 is 5.32 Å². The summed E-state index contributed by atoms with van der Waals surface area (Å²) in [7, 11) is 0. The van der Waals surface area contributed by atoms with Crippen molar-refractivity contribution in [3.63, 3.8) is 0 Å². The van der Waals surface area contributed by atoms with Crippen LogP contribution in [0, 0.1) is 0 Å². The molecule has 0 radical (unpaired) electrons. The highest BCUT2D eigenvalue weighted by molar-refractivity contribution is 6.30. The number of nitrogens with one attached hydrogen (secondary N) is 1. The molecule has 22 heavy (non-hydrogen) atoms. The standard InChI is InChI=1S/C14H16ClN3.2C2H6/c1-2-16-8-7-14-17-9-10-18(14)11-12-3-5-13(15)6-4-12;2*1-2/h2-6,9-10,16H,1,7-8,11H2;2*1-2H3. The van der Waals surface area contributed by atoms with Crippen molar-refractivity contribution in [2.75, 3.05) is 6.54 Å². The third kappa shape index (κ3) is 7.32. The van der Waals surface area contributed by atoms with E-state index in [1.54, 1.807) is 6.20 Å². The Kier molecular flexibility index (Phi) is 11.9. The van der Waals surface area contributed by atoms with Crippen LogP contribution in [0.5, 0.6) is 0 Å². The third-order valence-electron chi connectivity index (χ3n) is 2.71. The molecule has 0 aliphatic heterocycles. The number of nitrogens with zero attached hydrogens (tertiary/aromatic N) is 2. The lowest BCUT2D eigenvalue weighted by Crippen LogP contribution is -2.13. The van der Waals surface area contributed by atoms with Gasteiger partial charge in [0.05, 0.1) is 0 Å². The quantitative estimate of drug-likeness (QED) is 0.766. The van der Waals surface area contributed by atoms with Crippen molar-refractivity contribution in [1.29, 1.82) is 0 Å². The molecule has 1 aromatic heterocycles. The van der Waals surface area contributed by atoms with E-state index in [1.807, 2.05) is 64.4 Å². The molecule has 0 aliphatic carbocycles. The highest BCUT2D eigenvalue weighted by Gasteiger charge is 2.03. The van der Waals surface area contributed by atoms with Gasteiger partial charge in [-0.25, -0.2) is 4.98 Å². The van der Waals surface area contributed by atoms with Gasteiger partial charge in [0.1, 0.15) is 5.82 Å². The van der Waals surface area contributed by atoms with Gasteiger partial charge in [0, 0.05) is 36.9 Å². The molecule has 0 saturated heterocycles. The van der Waals surface area contributed by atoms with Crippen LogP contribution in [0.25, 0.3) is 0 Å². The average Bonchev–Trinajstić information content (AvgIpc) is 3.01. The maximum Gasteiger partial charge on any atom is 0.110 e. The fraction of sp³-hybridized carbons (Fsp3) is 0.389. The SMILES string of the molecule is C=CNCCc1nccn1Cc1ccc(Cl)cc1.CC.CC. The number of hydrogen-bond acceptors (Lipinski definition) is 2. The smallest absolute Gasteiger partial charge is 0.110 e. The second-order valence-corrected chi connectivity index (χ2v) is 4.44. The van der Waals surface area contributed by atoms with Crippen LogP contribution in [0.15, 0.2) is 49.4 Å². The van der Waals surface area contributed by atoms with Gasteiger partial charge < -0.3 is 9.88 Å². The van der Waals surface area contributed by atoms with Crippen molar-refractivity contribution in [1.82, 2.24) is 14.9 Å². The van der Waals surface area contributed by atoms with E-state index in [1.165, 1.54) is 5.56 Å². The summed E-state index contributed by atoms with van der Waals surface area (Å²) in [5, 5.41) is 3.84. The van der Waals surface area contributed by atoms with Crippen LogP contribution in [0.1, 0.15) is 39.1 Å². The molecule has 2 rings (SSSR count). The molecule has 1 aromatic carbocycles. The Hall–Kier alpha value is -1.74. The van der Waals surface area contributed by atoms with Crippen LogP contribution >= 0.6 is 11.6 Å². The summed E-state index contributed by atoms with van der Waals surface area (Å²) >= 11 is 5.87. The minimum atomic E-state index is 0.764. The molecule has 3 nitrogen and oxygen atoms in total. The van der Waals surface area contributed by atoms with E-state index in [-0.39, 0.29) is 0 Å². The first-order valence-electron chi connectivity index (χ1n) is 7.88. The van der Waals surface area contributed by atoms with Crippen molar-refractivity contribution in [2.24, 2.45) is 0 Å². The van der Waals surface area contributed by atoms with Crippen molar-refractivity contribution < 1.29 is 0 Å². The molecule has 122 valence electrons. The normalized spacial score (nSPS) is 8.95. The molecule has 1 heterocycles. The predicted octanol–water partition coefficient (Wildman–Crippen LogP) is 4.91. The lowest BCUT2D eigenvalue weighted by Gasteiger charge is -2.08. The molecule has 0 unspecified atom stereocenters. The summed E-state index contributed by atoms with van der Waals surface area (Å²) in [4.78, 5) is 4.36. The summed E-state index contributed by atoms with van der Waals surface area (Å²) in [5.41, 5.74) is 1.22. The van der Waals surface area contributed by atoms with E-state index in [9.17, 15) is 0 Å². The van der Waals surface area contributed by atoms with Gasteiger partial charge in [0.2, 0.25) is 0 Å². The monoisotopic (exact) mass is 321 g/mol. The van der Waals surface area contributed by atoms with Crippen LogP contribution in [-0.4, -0.2) is 16.1 Å². The van der Waals surface area contributed by atoms with Crippen LogP contribution in [0.2, 0.25) is 5.02 Å². The van der Waals surface area contributed by atoms with Crippen molar-refractivity contribution in [2.45, 2.75) is 40.7 Å². The zero-order chi connectivity index (χ0) is 16.8. The molecule has 0 atom stereocenters. The Morgan fingerprint density at radius 2 is 1.82 bits per heavy atom. The molecule has 0 bridgehead atoms. The molecule has 0 amide bonds. The van der Waals surface area contributed by atoms with Gasteiger partial charge in [-0.15, -0.1) is 0 Å². The summed E-state index contributed by atoms with van der Waals surface area (Å²) in [6.07, 6.45) is 6.41. The summed E-state index contributed by atoms with van der Waals surface area (Å²) in [6.45, 7) is 13.3. The fourth-order valence-electron chi connectivity index (χ4n) is 1.78. The Morgan fingerprint density at radius 3 is 2.41 bits per heavy atom. The molecule has 0 saturated carbocycles. The number of aromatic nitrogens is 2. The second kappa shape index (κ2) is 13.0. The Balaban J connectivity index is 0.00000102. The van der Waals surface area contributed by atoms with Gasteiger partial charge in [-0.1, -0.05) is 58.0 Å². The van der Waals surface area contributed by atoms with Gasteiger partial charge in [0.15, 0.2) is 0 Å². The van der Waals surface area contributed by atoms with Gasteiger partial charge in [-0.3, -0.25) is 0 Å². The van der Waals surface area contributed by atoms with Gasteiger partial charge in [-0.05, 0) is 23.9 Å². The summed E-state index contributed by atoms with van der Waals surface area (Å²) in [6, 6.07) is 7.89. The maximum atomic E-state index is 5.87. The Labute approximate surface area is 140 Å². The van der Waals surface area contributed by atoms with Gasteiger partial charge >= 0.3 is 0 Å². The van der Waals surface area contributed by atoms with E-state index < -0.39 is 0 Å². The number of imidazole rings is 1. The average molecular weight is 322 g/mol. The Bertz CT molecular complexity index is 503. The van der Waals surface area contributed by atoms with E-state index >= 15 is 0 Å². The lowest BCUT2D eigenvalue weighted by molar-refractivity contribution is 0.695. The molecular formula is C18H28ClN3. The molecule has 1 N–H and O–H groups in total. The Morgan fingerprint density at radius 1 is 1.18 bits per heavy atom. The van der Waals surface area contributed by atoms with Crippen molar-refractivity contribution >= 4 is 11.6 Å². The van der Waals surface area contributed by atoms with E-state index in [4.69, 9.17) is 11.6 Å². The number of hydrogen-bond donors (Lipinski definition) is 1. The highest BCUT2D eigenvalue weighted by Crippen LogP contribution is 2.11. The summed E-state index contributed by atoms with van der Waals surface area (Å²) in [5.74, 6) is 1.07. The second-order valence-electron chi connectivity index (χ2n) is 4.01. The molecule has 0 aliphatic rings. The first-order chi connectivity index (χ1) is 10.8. The van der Waals surface area contributed by atoms with Crippen molar-refractivity contribution in [3.05, 3.63) is 65.8 Å². The third-order valence-corrected chi connectivity index (χ3v) is 2.96. The first kappa shape index (κ1) is 20.3. The van der Waals surface area contributed by atoms with E-state index in [2.05, 4.69) is 21.4 Å². The fourth-order valence-corrected chi connectivity index (χ4v) is 1.91. The minimum Gasteiger partial charge on any atom is -0.391 e. The predicted molar refractivity (Wildman–Crippen MR) is 97.4 cm³/mol. The van der Waals surface area contributed by atoms with Gasteiger partial charge in [-0.2, -0.15) is 0 Å². The number of halogens is 1. The van der Waals surface area contributed by atoms with Gasteiger partial charge in [0.25, 0.3) is 0 Å². The minimum absolute atomic E-state index is 0.764. The van der Waals surface area contributed by atoms with Crippen LogP contribution in [0.4, 0.5) is 0 Å². The first-order valence-corrected chi connectivity index (χ1v) is 8.26. The topological polar surface area (TPSA) is 29.9 Å². The zero-order valence-corrected chi connectivity index (χ0v) is 14.9. The van der Waals surface area contributed by atoms with Crippen LogP contribution in [0.3, 0.4) is 0 Å². The number of benzene rings is 1. The van der Waals surface area contributed by atoms with Crippen molar-refractivity contribution in [3.8, 4) is 0 Å². The highest BCUT2D eigenvalue weighted by atomic mass is 35.5. The molecular weight excluding hydrogens is 294 g/mol. The summed E-state index contributed by atoms with van der Waals surface area (Å²) < 4.78 is 2.15. The molecule has 0 fully saturated rings. The van der Waals surface area contributed by atoms with E-state index in [0.29, 0.717) is 0 Å². The lowest BCUT2D eigenvalue weighted by atomic mass is 10.2. The largest absolute Gasteiger partial charge is 0.391 e. The van der Waals surface area contributed by atoms with E-state index in [0.717, 1.165) is 30.4 Å². The number of rotatable bonds is 6. The maximum absolute atomic E-state index is 5.87. The zero-order valence-electron chi connectivity index (χ0n) is 14.1.